The third-order valence-electron chi connectivity index (χ3n) is 3.44. The molecule has 100 valence electrons. The molecule has 0 aliphatic heterocycles. The molecule has 2 aromatic rings. The van der Waals surface area contributed by atoms with Crippen molar-refractivity contribution < 1.29 is 9.53 Å². The van der Waals surface area contributed by atoms with Crippen molar-refractivity contribution >= 4 is 16.9 Å². The van der Waals surface area contributed by atoms with Crippen LogP contribution in [0.15, 0.2) is 29.1 Å². The highest BCUT2D eigenvalue weighted by atomic mass is 16.5. The van der Waals surface area contributed by atoms with E-state index in [4.69, 9.17) is 0 Å². The van der Waals surface area contributed by atoms with Gasteiger partial charge in [-0.05, 0) is 30.0 Å². The molecule has 1 aromatic carbocycles. The lowest BCUT2D eigenvalue weighted by Crippen LogP contribution is -2.11. The monoisotopic (exact) mass is 259 g/mol. The first-order valence-corrected chi connectivity index (χ1v) is 6.32. The average molecular weight is 259 g/mol. The average Bonchev–Trinajstić information content (AvgIpc) is 2.45. The molecule has 0 fully saturated rings. The van der Waals surface area contributed by atoms with E-state index in [1.807, 2.05) is 18.2 Å². The maximum Gasteiger partial charge on any atom is 0.354 e. The molecule has 19 heavy (non-hydrogen) atoms. The Morgan fingerprint density at radius 2 is 2.11 bits per heavy atom. The van der Waals surface area contributed by atoms with Gasteiger partial charge in [0.05, 0.1) is 7.11 Å². The second kappa shape index (κ2) is 5.26. The fraction of sp³-hybridized carbons (Fsp3) is 0.333. The van der Waals surface area contributed by atoms with Crippen molar-refractivity contribution in [2.75, 3.05) is 7.11 Å². The van der Waals surface area contributed by atoms with Gasteiger partial charge in [-0.25, -0.2) is 4.79 Å². The number of hydrogen-bond donors (Lipinski definition) is 1. The van der Waals surface area contributed by atoms with Gasteiger partial charge in [-0.3, -0.25) is 4.79 Å². The summed E-state index contributed by atoms with van der Waals surface area (Å²) in [5, 5.41) is 0.602. The van der Waals surface area contributed by atoms with E-state index in [9.17, 15) is 9.59 Å². The van der Waals surface area contributed by atoms with Gasteiger partial charge < -0.3 is 9.72 Å². The van der Waals surface area contributed by atoms with Crippen LogP contribution in [0.1, 0.15) is 42.2 Å². The lowest BCUT2D eigenvalue weighted by Gasteiger charge is -2.10. The summed E-state index contributed by atoms with van der Waals surface area (Å²) in [4.78, 5) is 26.4. The maximum atomic E-state index is 12.1. The van der Waals surface area contributed by atoms with Crippen LogP contribution >= 0.6 is 0 Å². The van der Waals surface area contributed by atoms with E-state index in [2.05, 4.69) is 23.6 Å². The molecule has 1 atom stereocenters. The molecule has 1 heterocycles. The number of ether oxygens (including phenoxy) is 1. The predicted molar refractivity (Wildman–Crippen MR) is 74.6 cm³/mol. The summed E-state index contributed by atoms with van der Waals surface area (Å²) >= 11 is 0. The van der Waals surface area contributed by atoms with Crippen LogP contribution in [-0.4, -0.2) is 18.1 Å². The molecule has 1 aromatic heterocycles. The second-order valence-corrected chi connectivity index (χ2v) is 4.65. The van der Waals surface area contributed by atoms with Gasteiger partial charge in [0.25, 0.3) is 0 Å². The molecule has 0 aliphatic rings. The molecule has 0 saturated carbocycles. The lowest BCUT2D eigenvalue weighted by molar-refractivity contribution is 0.0594. The van der Waals surface area contributed by atoms with Gasteiger partial charge >= 0.3 is 5.97 Å². The summed E-state index contributed by atoms with van der Waals surface area (Å²) in [5.74, 6) is -0.130. The van der Waals surface area contributed by atoms with E-state index >= 15 is 0 Å². The number of aromatic amines is 1. The fourth-order valence-corrected chi connectivity index (χ4v) is 2.03. The van der Waals surface area contributed by atoms with Crippen LogP contribution in [0.2, 0.25) is 0 Å². The second-order valence-electron chi connectivity index (χ2n) is 4.65. The van der Waals surface area contributed by atoms with E-state index in [1.54, 1.807) is 0 Å². The van der Waals surface area contributed by atoms with Crippen LogP contribution in [0, 0.1) is 0 Å². The Kier molecular flexibility index (Phi) is 3.69. The van der Waals surface area contributed by atoms with Crippen molar-refractivity contribution in [2.24, 2.45) is 0 Å². The first kappa shape index (κ1) is 13.3. The Hall–Kier alpha value is -2.10. The Bertz CT molecular complexity index is 673. The third-order valence-corrected chi connectivity index (χ3v) is 3.44. The Morgan fingerprint density at radius 1 is 1.37 bits per heavy atom. The van der Waals surface area contributed by atoms with Crippen LogP contribution < -0.4 is 5.43 Å². The molecule has 4 nitrogen and oxygen atoms in total. The molecule has 0 saturated heterocycles. The molecular weight excluding hydrogens is 242 g/mol. The van der Waals surface area contributed by atoms with E-state index < -0.39 is 5.97 Å². The summed E-state index contributed by atoms with van der Waals surface area (Å²) in [5.41, 5.74) is 1.79. The topological polar surface area (TPSA) is 59.2 Å². The highest BCUT2D eigenvalue weighted by molar-refractivity contribution is 5.91. The van der Waals surface area contributed by atoms with E-state index in [-0.39, 0.29) is 11.1 Å². The van der Waals surface area contributed by atoms with Crippen molar-refractivity contribution in [3.63, 3.8) is 0 Å². The number of hydrogen-bond acceptors (Lipinski definition) is 3. The number of carbonyl (C=O) groups is 1. The molecule has 0 amide bonds. The standard InChI is InChI=1S/C15H17NO3/c1-4-9(2)10-5-6-12-11(7-10)14(17)8-13(16-12)15(18)19-3/h5-9H,4H2,1-3H3,(H,16,17). The minimum absolute atomic E-state index is 0.167. The van der Waals surface area contributed by atoms with Crippen molar-refractivity contribution in [3.8, 4) is 0 Å². The minimum Gasteiger partial charge on any atom is -0.464 e. The number of carbonyl (C=O) groups excluding carboxylic acids is 1. The Balaban J connectivity index is 2.60. The van der Waals surface area contributed by atoms with E-state index in [1.165, 1.54) is 13.2 Å². The predicted octanol–water partition coefficient (Wildman–Crippen LogP) is 2.83. The number of H-pyrrole nitrogens is 1. The SMILES string of the molecule is CCC(C)c1ccc2[nH]c(C(=O)OC)cc(=O)c2c1. The third kappa shape index (κ3) is 2.52. The van der Waals surface area contributed by atoms with Gasteiger partial charge in [0.1, 0.15) is 5.69 Å². The van der Waals surface area contributed by atoms with Crippen LogP contribution in [0.25, 0.3) is 10.9 Å². The maximum absolute atomic E-state index is 12.1. The van der Waals surface area contributed by atoms with Crippen molar-refractivity contribution in [1.82, 2.24) is 4.98 Å². The summed E-state index contributed by atoms with van der Waals surface area (Å²) < 4.78 is 4.61. The molecule has 0 bridgehead atoms. The largest absolute Gasteiger partial charge is 0.464 e. The fourth-order valence-electron chi connectivity index (χ4n) is 2.03. The number of rotatable bonds is 3. The Morgan fingerprint density at radius 3 is 2.74 bits per heavy atom. The molecule has 2 rings (SSSR count). The van der Waals surface area contributed by atoms with Crippen LogP contribution in [0.5, 0.6) is 0 Å². The highest BCUT2D eigenvalue weighted by Crippen LogP contribution is 2.21. The molecular formula is C15H17NO3. The van der Waals surface area contributed by atoms with Gasteiger partial charge in [0, 0.05) is 17.0 Å². The van der Waals surface area contributed by atoms with Gasteiger partial charge in [-0.2, -0.15) is 0 Å². The molecule has 0 radical (unpaired) electrons. The molecule has 1 N–H and O–H groups in total. The number of benzene rings is 1. The molecule has 0 spiro atoms. The number of pyridine rings is 1. The summed E-state index contributed by atoms with van der Waals surface area (Å²) in [6.45, 7) is 4.23. The zero-order chi connectivity index (χ0) is 14.0. The lowest BCUT2D eigenvalue weighted by atomic mass is 9.97. The quantitative estimate of drug-likeness (QED) is 0.862. The van der Waals surface area contributed by atoms with Crippen LogP contribution in [0.4, 0.5) is 0 Å². The van der Waals surface area contributed by atoms with Gasteiger partial charge in [-0.15, -0.1) is 0 Å². The smallest absolute Gasteiger partial charge is 0.354 e. The van der Waals surface area contributed by atoms with Crippen molar-refractivity contribution in [3.05, 3.63) is 45.7 Å². The normalized spacial score (nSPS) is 12.4. The number of methoxy groups -OCH3 is 1. The highest BCUT2D eigenvalue weighted by Gasteiger charge is 2.11. The molecule has 1 unspecified atom stereocenters. The summed E-state index contributed by atoms with van der Waals surface area (Å²) in [6.07, 6.45) is 1.02. The van der Waals surface area contributed by atoms with Gasteiger partial charge in [-0.1, -0.05) is 19.9 Å². The Labute approximate surface area is 111 Å². The first-order chi connectivity index (χ1) is 9.06. The number of fused-ring (bicyclic) bond motifs is 1. The number of esters is 1. The first-order valence-electron chi connectivity index (χ1n) is 6.32. The van der Waals surface area contributed by atoms with Crippen molar-refractivity contribution in [2.45, 2.75) is 26.2 Å². The zero-order valence-corrected chi connectivity index (χ0v) is 11.3. The van der Waals surface area contributed by atoms with E-state index in [0.29, 0.717) is 16.8 Å². The summed E-state index contributed by atoms with van der Waals surface area (Å²) in [7, 11) is 1.29. The van der Waals surface area contributed by atoms with E-state index in [0.717, 1.165) is 12.0 Å². The summed E-state index contributed by atoms with van der Waals surface area (Å²) in [6, 6.07) is 7.00. The molecule has 0 aliphatic carbocycles. The van der Waals surface area contributed by atoms with Crippen LogP contribution in [0.3, 0.4) is 0 Å². The zero-order valence-electron chi connectivity index (χ0n) is 11.3. The van der Waals surface area contributed by atoms with Crippen LogP contribution in [-0.2, 0) is 4.74 Å². The van der Waals surface area contributed by atoms with Gasteiger partial charge in [0.2, 0.25) is 0 Å². The molecule has 4 heteroatoms. The van der Waals surface area contributed by atoms with Gasteiger partial charge in [0.15, 0.2) is 5.43 Å². The van der Waals surface area contributed by atoms with Crippen molar-refractivity contribution in [1.29, 1.82) is 0 Å². The number of aromatic nitrogens is 1. The number of nitrogens with one attached hydrogen (secondary N) is 1. The minimum atomic E-state index is -0.537.